The van der Waals surface area contributed by atoms with E-state index in [9.17, 15) is 14.0 Å². The summed E-state index contributed by atoms with van der Waals surface area (Å²) < 4.78 is 16.5. The van der Waals surface area contributed by atoms with E-state index in [1.165, 1.54) is 29.4 Å². The van der Waals surface area contributed by atoms with Crippen LogP contribution in [0.15, 0.2) is 66.5 Å². The number of benzene rings is 1. The lowest BCUT2D eigenvalue weighted by atomic mass is 10.2. The zero-order valence-corrected chi connectivity index (χ0v) is 20.1. The van der Waals surface area contributed by atoms with Crippen LogP contribution in [-0.4, -0.2) is 68.5 Å². The lowest BCUT2D eigenvalue weighted by Crippen LogP contribution is -2.44. The minimum absolute atomic E-state index is 0.0919. The number of nitrogens with one attached hydrogen (secondary N) is 2. The van der Waals surface area contributed by atoms with Crippen LogP contribution in [0.4, 0.5) is 27.4 Å². The summed E-state index contributed by atoms with van der Waals surface area (Å²) in [6.45, 7) is 6.93. The molecule has 4 heterocycles. The van der Waals surface area contributed by atoms with Crippen LogP contribution in [0.2, 0.25) is 0 Å². The fraction of sp³-hybridized carbons (Fsp3) is 0.200. The second-order valence-corrected chi connectivity index (χ2v) is 8.53. The molecule has 1 fully saturated rings. The van der Waals surface area contributed by atoms with Crippen molar-refractivity contribution < 1.29 is 9.18 Å². The van der Waals surface area contributed by atoms with Crippen LogP contribution >= 0.6 is 0 Å². The van der Waals surface area contributed by atoms with E-state index in [1.807, 2.05) is 6.07 Å². The highest BCUT2D eigenvalue weighted by molar-refractivity contribution is 5.99. The molecule has 1 aromatic carbocycles. The van der Waals surface area contributed by atoms with Gasteiger partial charge in [0, 0.05) is 56.0 Å². The molecule has 11 nitrogen and oxygen atoms in total. The Hall–Kier alpha value is -4.71. The molecule has 0 bridgehead atoms. The quantitative estimate of drug-likeness (QED) is 0.384. The average molecular weight is 502 g/mol. The van der Waals surface area contributed by atoms with Crippen molar-refractivity contribution in [3.63, 3.8) is 0 Å². The molecule has 3 aromatic heterocycles. The monoisotopic (exact) mass is 501 g/mol. The zero-order chi connectivity index (χ0) is 25.9. The van der Waals surface area contributed by atoms with Gasteiger partial charge in [0.15, 0.2) is 5.65 Å². The molecule has 1 amide bonds. The molecular formula is C25H24FN9O2. The number of halogens is 1. The van der Waals surface area contributed by atoms with Crippen LogP contribution in [0.3, 0.4) is 0 Å². The molecule has 1 aliphatic rings. The van der Waals surface area contributed by atoms with Crippen molar-refractivity contribution in [2.24, 2.45) is 0 Å². The topological polar surface area (TPSA) is 121 Å². The summed E-state index contributed by atoms with van der Waals surface area (Å²) in [7, 11) is 2.07. The van der Waals surface area contributed by atoms with Gasteiger partial charge in [-0.25, -0.2) is 14.4 Å². The standard InChI is InChI=1S/C25H24FN9O2/c1-3-22(36)30-16-6-7-27-21(12-16)35-15-29-24(37)18-14-28-25(32-23(18)35)31-20-5-4-17(13-19(20)26)34-10-8-33(2)9-11-34/h3-7,12-15H,1,8-11H2,2H3,(H,27,30,36)(H,28,31,32). The SMILES string of the molecule is C=CC(=O)Nc1ccnc(-n2cnc(=O)c3cnc(Nc4ccc(N5CCN(C)CC5)cc4F)nc32)c1. The van der Waals surface area contributed by atoms with Crippen LogP contribution in [0.1, 0.15) is 0 Å². The largest absolute Gasteiger partial charge is 0.369 e. The molecule has 0 aliphatic carbocycles. The van der Waals surface area contributed by atoms with Crippen LogP contribution < -0.4 is 21.1 Å². The van der Waals surface area contributed by atoms with Crippen LogP contribution in [-0.2, 0) is 4.79 Å². The maximum Gasteiger partial charge on any atom is 0.283 e. The Labute approximate surface area is 211 Å². The second kappa shape index (κ2) is 10.1. The molecule has 1 saturated heterocycles. The Balaban J connectivity index is 1.46. The van der Waals surface area contributed by atoms with Gasteiger partial charge >= 0.3 is 0 Å². The molecule has 37 heavy (non-hydrogen) atoms. The number of nitrogens with zero attached hydrogens (tertiary/aromatic N) is 7. The van der Waals surface area contributed by atoms with Crippen molar-refractivity contribution in [2.45, 2.75) is 0 Å². The van der Waals surface area contributed by atoms with Crippen molar-refractivity contribution in [2.75, 3.05) is 48.8 Å². The van der Waals surface area contributed by atoms with Crippen molar-refractivity contribution in [1.29, 1.82) is 0 Å². The van der Waals surface area contributed by atoms with E-state index in [0.29, 0.717) is 11.5 Å². The predicted molar refractivity (Wildman–Crippen MR) is 139 cm³/mol. The Kier molecular flexibility index (Phi) is 6.56. The van der Waals surface area contributed by atoms with Crippen LogP contribution in [0.5, 0.6) is 0 Å². The number of hydrogen-bond acceptors (Lipinski definition) is 9. The number of anilines is 4. The molecule has 5 rings (SSSR count). The predicted octanol–water partition coefficient (Wildman–Crippen LogP) is 2.33. The number of carbonyl (C=O) groups excluding carboxylic acids is 1. The second-order valence-electron chi connectivity index (χ2n) is 8.53. The zero-order valence-electron chi connectivity index (χ0n) is 20.1. The first-order valence-electron chi connectivity index (χ1n) is 11.6. The van der Waals surface area contributed by atoms with Gasteiger partial charge in [0.05, 0.1) is 5.69 Å². The molecule has 2 N–H and O–H groups in total. The highest BCUT2D eigenvalue weighted by atomic mass is 19.1. The highest BCUT2D eigenvalue weighted by Crippen LogP contribution is 2.25. The minimum Gasteiger partial charge on any atom is -0.369 e. The molecule has 0 radical (unpaired) electrons. The average Bonchev–Trinajstić information content (AvgIpc) is 2.90. The van der Waals surface area contributed by atoms with E-state index >= 15 is 0 Å². The van der Waals surface area contributed by atoms with Crippen LogP contribution in [0, 0.1) is 5.82 Å². The third-order valence-electron chi connectivity index (χ3n) is 6.03. The molecule has 188 valence electrons. The fourth-order valence-electron chi connectivity index (χ4n) is 3.98. The molecule has 0 atom stereocenters. The van der Waals surface area contributed by atoms with Gasteiger partial charge in [0.2, 0.25) is 11.9 Å². The molecule has 0 unspecified atom stereocenters. The lowest BCUT2D eigenvalue weighted by molar-refractivity contribution is -0.111. The fourth-order valence-corrected chi connectivity index (χ4v) is 3.98. The van der Waals surface area contributed by atoms with Crippen molar-refractivity contribution in [3.05, 3.63) is 77.9 Å². The number of carbonyl (C=O) groups is 1. The number of amides is 1. The Morgan fingerprint density at radius 1 is 1.11 bits per heavy atom. The van der Waals surface area contributed by atoms with Crippen LogP contribution in [0.25, 0.3) is 16.9 Å². The first kappa shape index (κ1) is 24.0. The van der Waals surface area contributed by atoms with E-state index in [-0.39, 0.29) is 28.6 Å². The molecule has 4 aromatic rings. The smallest absolute Gasteiger partial charge is 0.283 e. The van der Waals surface area contributed by atoms with Crippen molar-refractivity contribution in [3.8, 4) is 5.82 Å². The summed E-state index contributed by atoms with van der Waals surface area (Å²) in [5.41, 5.74) is 1.18. The van der Waals surface area contributed by atoms with E-state index < -0.39 is 11.4 Å². The first-order chi connectivity index (χ1) is 17.9. The first-order valence-corrected chi connectivity index (χ1v) is 11.6. The van der Waals surface area contributed by atoms with Gasteiger partial charge in [-0.2, -0.15) is 9.97 Å². The Morgan fingerprint density at radius 2 is 1.92 bits per heavy atom. The molecule has 0 saturated carbocycles. The molecule has 1 aliphatic heterocycles. The van der Waals surface area contributed by atoms with E-state index in [4.69, 9.17) is 0 Å². The van der Waals surface area contributed by atoms with Crippen molar-refractivity contribution in [1.82, 2.24) is 29.4 Å². The number of rotatable bonds is 6. The Morgan fingerprint density at radius 3 is 2.68 bits per heavy atom. The van der Waals surface area contributed by atoms with E-state index in [0.717, 1.165) is 37.9 Å². The Bertz CT molecular complexity index is 1550. The lowest BCUT2D eigenvalue weighted by Gasteiger charge is -2.34. The van der Waals surface area contributed by atoms with Gasteiger partial charge in [0.25, 0.3) is 5.56 Å². The molecular weight excluding hydrogens is 477 g/mol. The summed E-state index contributed by atoms with van der Waals surface area (Å²) in [6.07, 6.45) is 5.26. The third-order valence-corrected chi connectivity index (χ3v) is 6.03. The number of pyridine rings is 1. The highest BCUT2D eigenvalue weighted by Gasteiger charge is 2.17. The number of piperazine rings is 1. The van der Waals surface area contributed by atoms with Gasteiger partial charge < -0.3 is 20.4 Å². The third kappa shape index (κ3) is 5.14. The number of fused-ring (bicyclic) bond motifs is 1. The molecule has 0 spiro atoms. The number of hydrogen-bond donors (Lipinski definition) is 2. The number of likely N-dealkylation sites (N-methyl/N-ethyl adjacent to an activating group) is 1. The maximum atomic E-state index is 15.0. The summed E-state index contributed by atoms with van der Waals surface area (Å²) in [4.78, 5) is 45.2. The van der Waals surface area contributed by atoms with Gasteiger partial charge in [0.1, 0.15) is 23.3 Å². The summed E-state index contributed by atoms with van der Waals surface area (Å²) in [5, 5.41) is 5.71. The summed E-state index contributed by atoms with van der Waals surface area (Å²) in [5.74, 6) is -0.380. The van der Waals surface area contributed by atoms with Crippen molar-refractivity contribution >= 4 is 40.0 Å². The van der Waals surface area contributed by atoms with E-state index in [2.05, 4.69) is 54.0 Å². The molecule has 12 heteroatoms. The number of aromatic nitrogens is 5. The van der Waals surface area contributed by atoms with Gasteiger partial charge in [-0.15, -0.1) is 0 Å². The normalized spacial score (nSPS) is 13.9. The summed E-state index contributed by atoms with van der Waals surface area (Å²) in [6, 6.07) is 8.19. The minimum atomic E-state index is -0.517. The van der Waals surface area contributed by atoms with E-state index in [1.54, 1.807) is 18.2 Å². The van der Waals surface area contributed by atoms with Gasteiger partial charge in [-0.05, 0) is 37.4 Å². The van der Waals surface area contributed by atoms with Gasteiger partial charge in [-0.1, -0.05) is 6.58 Å². The summed E-state index contributed by atoms with van der Waals surface area (Å²) >= 11 is 0. The van der Waals surface area contributed by atoms with Gasteiger partial charge in [-0.3, -0.25) is 14.2 Å². The maximum absolute atomic E-state index is 15.0.